The SMILES string of the molecule is C[C@@](O)(c1ccc(-c2nc([C@@H]3CC[C@H]4CCC(=O)N4C3)n3ccnc(N)c23)cc1)c1cc(C(F)(F)F)ccn1. The summed E-state index contributed by atoms with van der Waals surface area (Å²) < 4.78 is 41.6. The number of nitrogens with zero attached hydrogens (tertiary/aromatic N) is 5. The first-order valence-electron chi connectivity index (χ1n) is 12.8. The highest BCUT2D eigenvalue weighted by atomic mass is 19.4. The summed E-state index contributed by atoms with van der Waals surface area (Å²) in [7, 11) is 0. The van der Waals surface area contributed by atoms with Crippen LogP contribution in [0.5, 0.6) is 0 Å². The summed E-state index contributed by atoms with van der Waals surface area (Å²) in [4.78, 5) is 27.6. The fourth-order valence-corrected chi connectivity index (χ4v) is 5.83. The second kappa shape index (κ2) is 9.04. The molecule has 3 atom stereocenters. The third kappa shape index (κ3) is 4.30. The van der Waals surface area contributed by atoms with Gasteiger partial charge in [0.1, 0.15) is 28.5 Å². The summed E-state index contributed by atoms with van der Waals surface area (Å²) in [5, 5.41) is 11.2. The Morgan fingerprint density at radius 1 is 1.03 bits per heavy atom. The lowest BCUT2D eigenvalue weighted by atomic mass is 9.90. The van der Waals surface area contributed by atoms with Crippen LogP contribution >= 0.6 is 0 Å². The number of nitrogen functional groups attached to an aromatic ring is 1. The fraction of sp³-hybridized carbons (Fsp3) is 0.357. The number of benzene rings is 1. The van der Waals surface area contributed by atoms with Gasteiger partial charge in [0, 0.05) is 49.1 Å². The van der Waals surface area contributed by atoms with Crippen molar-refractivity contribution >= 4 is 17.2 Å². The molecule has 202 valence electrons. The monoisotopic (exact) mass is 536 g/mol. The van der Waals surface area contributed by atoms with E-state index in [1.54, 1.807) is 30.5 Å². The van der Waals surface area contributed by atoms with Crippen molar-refractivity contribution < 1.29 is 23.1 Å². The van der Waals surface area contributed by atoms with E-state index in [9.17, 15) is 23.1 Å². The lowest BCUT2D eigenvalue weighted by Crippen LogP contribution is -2.41. The van der Waals surface area contributed by atoms with Crippen molar-refractivity contribution in [2.45, 2.75) is 56.3 Å². The summed E-state index contributed by atoms with van der Waals surface area (Å²) in [6.07, 6.45) is 3.25. The van der Waals surface area contributed by atoms with Gasteiger partial charge in [0.15, 0.2) is 0 Å². The molecule has 11 heteroatoms. The molecule has 2 saturated heterocycles. The van der Waals surface area contributed by atoms with Crippen molar-refractivity contribution in [1.29, 1.82) is 0 Å². The zero-order valence-corrected chi connectivity index (χ0v) is 21.2. The third-order valence-corrected chi connectivity index (χ3v) is 8.00. The van der Waals surface area contributed by atoms with Crippen molar-refractivity contribution in [3.8, 4) is 11.3 Å². The number of rotatable bonds is 4. The third-order valence-electron chi connectivity index (χ3n) is 8.00. The molecule has 0 saturated carbocycles. The van der Waals surface area contributed by atoms with Crippen LogP contribution in [-0.4, -0.2) is 47.9 Å². The number of nitrogens with two attached hydrogens (primary N) is 1. The summed E-state index contributed by atoms with van der Waals surface area (Å²) in [6, 6.07) is 8.81. The van der Waals surface area contributed by atoms with Crippen LogP contribution in [-0.2, 0) is 16.6 Å². The lowest BCUT2D eigenvalue weighted by Gasteiger charge is -2.34. The zero-order chi connectivity index (χ0) is 27.5. The number of imidazole rings is 1. The molecule has 0 radical (unpaired) electrons. The highest BCUT2D eigenvalue weighted by Gasteiger charge is 2.38. The van der Waals surface area contributed by atoms with E-state index < -0.39 is 17.3 Å². The number of piperidine rings is 1. The molecule has 0 bridgehead atoms. The maximum atomic E-state index is 13.2. The number of alkyl halides is 3. The standard InChI is InChI=1S/C28H27F3N6O2/c1-27(39,21-14-19(10-11-33-21)28(29,30)31)18-5-2-16(3-6-18)23-24-25(32)34-12-13-36(24)26(35-23)17-4-7-20-8-9-22(38)37(20)15-17/h2-3,5-6,10-14,17,20,39H,4,7-9,15H2,1H3,(H2,32,34)/t17-,20+,27-/m1/s1. The summed E-state index contributed by atoms with van der Waals surface area (Å²) >= 11 is 0. The second-order valence-electron chi connectivity index (χ2n) is 10.4. The van der Waals surface area contributed by atoms with Gasteiger partial charge >= 0.3 is 6.18 Å². The van der Waals surface area contributed by atoms with Crippen LogP contribution in [0.2, 0.25) is 0 Å². The van der Waals surface area contributed by atoms with Crippen molar-refractivity contribution in [3.05, 3.63) is 77.6 Å². The molecule has 1 aromatic carbocycles. The number of aromatic nitrogens is 4. The smallest absolute Gasteiger partial charge is 0.382 e. The number of pyridine rings is 1. The number of halogens is 3. The van der Waals surface area contributed by atoms with Crippen LogP contribution in [0.3, 0.4) is 0 Å². The Labute approximate surface area is 222 Å². The highest BCUT2D eigenvalue weighted by molar-refractivity contribution is 5.85. The number of aliphatic hydroxyl groups is 1. The van der Waals surface area contributed by atoms with Gasteiger partial charge in [-0.25, -0.2) is 9.97 Å². The predicted octanol–water partition coefficient (Wildman–Crippen LogP) is 4.52. The van der Waals surface area contributed by atoms with Gasteiger partial charge in [-0.15, -0.1) is 0 Å². The van der Waals surface area contributed by atoms with Gasteiger partial charge in [-0.3, -0.25) is 14.2 Å². The number of fused-ring (bicyclic) bond motifs is 2. The van der Waals surface area contributed by atoms with E-state index in [0.717, 1.165) is 43.4 Å². The van der Waals surface area contributed by atoms with Crippen LogP contribution in [0, 0.1) is 0 Å². The van der Waals surface area contributed by atoms with Crippen molar-refractivity contribution in [1.82, 2.24) is 24.3 Å². The topological polar surface area (TPSA) is 110 Å². The first-order chi connectivity index (χ1) is 18.5. The molecule has 39 heavy (non-hydrogen) atoms. The van der Waals surface area contributed by atoms with Gasteiger partial charge in [0.2, 0.25) is 5.91 Å². The second-order valence-corrected chi connectivity index (χ2v) is 10.4. The minimum atomic E-state index is -4.55. The number of hydrogen-bond donors (Lipinski definition) is 2. The minimum Gasteiger partial charge on any atom is -0.382 e. The van der Waals surface area contributed by atoms with Crippen LogP contribution in [0.4, 0.5) is 19.0 Å². The number of anilines is 1. The molecular weight excluding hydrogens is 509 g/mol. The zero-order valence-electron chi connectivity index (χ0n) is 21.2. The molecule has 3 aromatic heterocycles. The minimum absolute atomic E-state index is 0.0401. The Balaban J connectivity index is 1.36. The quantitative estimate of drug-likeness (QED) is 0.397. The molecule has 0 aliphatic carbocycles. The molecule has 1 amide bonds. The Morgan fingerprint density at radius 3 is 2.54 bits per heavy atom. The van der Waals surface area contributed by atoms with Gasteiger partial charge in [-0.2, -0.15) is 13.2 Å². The maximum Gasteiger partial charge on any atom is 0.416 e. The number of hydrogen-bond acceptors (Lipinski definition) is 6. The molecule has 2 aliphatic rings. The number of amides is 1. The number of carbonyl (C=O) groups is 1. The maximum absolute atomic E-state index is 13.2. The fourth-order valence-electron chi connectivity index (χ4n) is 5.83. The molecule has 5 heterocycles. The van der Waals surface area contributed by atoms with Crippen molar-refractivity contribution in [2.24, 2.45) is 0 Å². The molecular formula is C28H27F3N6O2. The molecule has 6 rings (SSSR count). The Morgan fingerprint density at radius 2 is 1.79 bits per heavy atom. The Hall–Kier alpha value is -3.99. The first-order valence-corrected chi connectivity index (χ1v) is 12.8. The molecule has 2 fully saturated rings. The predicted molar refractivity (Wildman–Crippen MR) is 137 cm³/mol. The van der Waals surface area contributed by atoms with Crippen LogP contribution in [0.25, 0.3) is 16.8 Å². The molecule has 4 aromatic rings. The van der Waals surface area contributed by atoms with E-state index in [2.05, 4.69) is 9.97 Å². The van der Waals surface area contributed by atoms with E-state index in [1.165, 1.54) is 6.92 Å². The van der Waals surface area contributed by atoms with E-state index in [4.69, 9.17) is 10.7 Å². The Bertz CT molecular complexity index is 1560. The van der Waals surface area contributed by atoms with Gasteiger partial charge in [0.05, 0.1) is 11.3 Å². The molecule has 2 aliphatic heterocycles. The van der Waals surface area contributed by atoms with E-state index in [0.29, 0.717) is 47.2 Å². The van der Waals surface area contributed by atoms with Gasteiger partial charge in [-0.1, -0.05) is 24.3 Å². The molecule has 8 nitrogen and oxygen atoms in total. The van der Waals surface area contributed by atoms with E-state index >= 15 is 0 Å². The van der Waals surface area contributed by atoms with Gasteiger partial charge in [-0.05, 0) is 43.9 Å². The van der Waals surface area contributed by atoms with Gasteiger partial charge in [0.25, 0.3) is 0 Å². The average Bonchev–Trinajstić information content (AvgIpc) is 3.50. The summed E-state index contributed by atoms with van der Waals surface area (Å²) in [5.41, 5.74) is 5.87. The first kappa shape index (κ1) is 25.3. The summed E-state index contributed by atoms with van der Waals surface area (Å²) in [6.45, 7) is 2.02. The van der Waals surface area contributed by atoms with Gasteiger partial charge < -0.3 is 15.7 Å². The van der Waals surface area contributed by atoms with Crippen LogP contribution in [0.1, 0.15) is 61.2 Å². The largest absolute Gasteiger partial charge is 0.416 e. The lowest BCUT2D eigenvalue weighted by molar-refractivity contribution is -0.137. The Kier molecular flexibility index (Phi) is 5.87. The van der Waals surface area contributed by atoms with Crippen molar-refractivity contribution in [2.75, 3.05) is 12.3 Å². The normalized spacial score (nSPS) is 21.3. The van der Waals surface area contributed by atoms with Crippen LogP contribution < -0.4 is 5.73 Å². The summed E-state index contributed by atoms with van der Waals surface area (Å²) in [5.74, 6) is 1.33. The average molecular weight is 537 g/mol. The van der Waals surface area contributed by atoms with Crippen molar-refractivity contribution in [3.63, 3.8) is 0 Å². The number of carbonyl (C=O) groups excluding carboxylic acids is 1. The molecule has 0 spiro atoms. The molecule has 3 N–H and O–H groups in total. The van der Waals surface area contributed by atoms with E-state index in [1.807, 2.05) is 15.5 Å². The highest BCUT2D eigenvalue weighted by Crippen LogP contribution is 2.39. The molecule has 0 unspecified atom stereocenters. The van der Waals surface area contributed by atoms with E-state index in [-0.39, 0.29) is 17.5 Å². The van der Waals surface area contributed by atoms with Crippen LogP contribution in [0.15, 0.2) is 55.0 Å².